The zero-order valence-corrected chi connectivity index (χ0v) is 23.0. The quantitative estimate of drug-likeness (QED) is 0.168. The second-order valence-corrected chi connectivity index (χ2v) is 19.6. The van der Waals surface area contributed by atoms with Gasteiger partial charge in [0.25, 0.3) is 0 Å². The van der Waals surface area contributed by atoms with E-state index in [0.717, 1.165) is 12.8 Å². The summed E-state index contributed by atoms with van der Waals surface area (Å²) in [6.07, 6.45) is 11.8. The Morgan fingerprint density at radius 3 is 1.97 bits per heavy atom. The van der Waals surface area contributed by atoms with Crippen molar-refractivity contribution in [1.29, 1.82) is 0 Å². The molecule has 0 aliphatic heterocycles. The van der Waals surface area contributed by atoms with Gasteiger partial charge in [-0.3, -0.25) is 0 Å². The average Bonchev–Trinajstić information content (AvgIpc) is 3.54. The van der Waals surface area contributed by atoms with Gasteiger partial charge in [0, 0.05) is 0 Å². The Bertz CT molecular complexity index is 1310. The van der Waals surface area contributed by atoms with Crippen molar-refractivity contribution in [3.05, 3.63) is 147 Å². The Hall–Kier alpha value is -2.77. The molecule has 0 heterocycles. The first kappa shape index (κ1) is 21.7. The van der Waals surface area contributed by atoms with Crippen molar-refractivity contribution in [3.8, 4) is 11.1 Å². The van der Waals surface area contributed by atoms with Gasteiger partial charge in [0.05, 0.1) is 0 Å². The van der Waals surface area contributed by atoms with Gasteiger partial charge in [-0.2, -0.15) is 0 Å². The molecular formula is C33H29Hf. The maximum absolute atomic E-state index is 2.51. The molecule has 0 N–H and O–H groups in total. The summed E-state index contributed by atoms with van der Waals surface area (Å²) in [5.41, 5.74) is 9.02. The molecule has 0 nitrogen and oxygen atoms in total. The molecule has 0 aromatic heterocycles. The molecule has 0 saturated heterocycles. The summed E-state index contributed by atoms with van der Waals surface area (Å²) in [6.45, 7) is 0. The Labute approximate surface area is 211 Å². The zero-order chi connectivity index (χ0) is 22.7. The molecule has 1 heteroatoms. The summed E-state index contributed by atoms with van der Waals surface area (Å²) in [6, 6.07) is 38.6. The van der Waals surface area contributed by atoms with Crippen LogP contribution >= 0.6 is 0 Å². The standard InChI is InChI=1S/C15H15.C13H9.C5H5.Hf/c1-3-8-14(9-4-1)12-7-13-15-10-5-2-6-11-15;1-3-7-12-10(5-1)9-11-6-2-4-8-13(11)12;1-2-4-5-3-1;/h1-11H,12-13H2;1-5,7-8H,9H2;1-3H,4H2;. The van der Waals surface area contributed by atoms with Crippen LogP contribution in [-0.2, 0) is 40.7 Å². The van der Waals surface area contributed by atoms with E-state index in [2.05, 4.69) is 121 Å². The molecular weight excluding hydrogens is 575 g/mol. The van der Waals surface area contributed by atoms with Crippen LogP contribution in [0.1, 0.15) is 28.7 Å². The normalized spacial score (nSPS) is 13.6. The van der Waals surface area contributed by atoms with Gasteiger partial charge in [-0.15, -0.1) is 0 Å². The van der Waals surface area contributed by atoms with E-state index in [4.69, 9.17) is 0 Å². The van der Waals surface area contributed by atoms with Crippen molar-refractivity contribution < 1.29 is 21.4 Å². The molecule has 0 fully saturated rings. The van der Waals surface area contributed by atoms with Gasteiger partial charge in [0.2, 0.25) is 0 Å². The van der Waals surface area contributed by atoms with Crippen LogP contribution in [0.25, 0.3) is 11.1 Å². The van der Waals surface area contributed by atoms with E-state index >= 15 is 0 Å². The summed E-state index contributed by atoms with van der Waals surface area (Å²) >= 11 is -2.48. The molecule has 4 aromatic rings. The van der Waals surface area contributed by atoms with Gasteiger partial charge < -0.3 is 0 Å². The van der Waals surface area contributed by atoms with Gasteiger partial charge in [0.1, 0.15) is 0 Å². The minimum atomic E-state index is -2.48. The van der Waals surface area contributed by atoms with E-state index in [0.29, 0.717) is 3.67 Å². The van der Waals surface area contributed by atoms with Crippen molar-refractivity contribution in [3.63, 3.8) is 0 Å². The third-order valence-electron chi connectivity index (χ3n) is 7.32. The second kappa shape index (κ2) is 9.84. The molecule has 165 valence electrons. The van der Waals surface area contributed by atoms with Crippen LogP contribution in [0.4, 0.5) is 0 Å². The predicted molar refractivity (Wildman–Crippen MR) is 140 cm³/mol. The summed E-state index contributed by atoms with van der Waals surface area (Å²) in [4.78, 5) is 0. The van der Waals surface area contributed by atoms with Crippen LogP contribution in [0.5, 0.6) is 0 Å². The van der Waals surface area contributed by atoms with Crippen molar-refractivity contribution in [1.82, 2.24) is 0 Å². The van der Waals surface area contributed by atoms with Crippen LogP contribution in [0.15, 0.2) is 125 Å². The Balaban J connectivity index is 1.46. The van der Waals surface area contributed by atoms with Crippen molar-refractivity contribution in [2.45, 2.75) is 29.4 Å². The fourth-order valence-corrected chi connectivity index (χ4v) is 18.8. The molecule has 0 atom stereocenters. The van der Waals surface area contributed by atoms with E-state index in [-0.39, 0.29) is 0 Å². The van der Waals surface area contributed by atoms with E-state index in [1.165, 1.54) is 40.7 Å². The third-order valence-corrected chi connectivity index (χ3v) is 19.3. The molecule has 6 rings (SSSR count). The molecule has 0 unspecified atom stereocenters. The number of fused-ring (bicyclic) bond motifs is 3. The molecule has 0 saturated carbocycles. The molecule has 4 aromatic carbocycles. The summed E-state index contributed by atoms with van der Waals surface area (Å²) in [5, 5.41) is 0. The van der Waals surface area contributed by atoms with Crippen molar-refractivity contribution in [2.75, 3.05) is 0 Å². The van der Waals surface area contributed by atoms with Gasteiger partial charge in [-0.25, -0.2) is 0 Å². The van der Waals surface area contributed by atoms with Crippen LogP contribution < -0.4 is 3.32 Å². The molecule has 2 aliphatic carbocycles. The fourth-order valence-electron chi connectivity index (χ4n) is 5.79. The van der Waals surface area contributed by atoms with Crippen LogP contribution in [0, 0.1) is 0 Å². The van der Waals surface area contributed by atoms with Gasteiger partial charge >= 0.3 is 212 Å². The van der Waals surface area contributed by atoms with Crippen LogP contribution in [0.2, 0.25) is 3.67 Å². The minimum absolute atomic E-state index is 0.705. The molecule has 34 heavy (non-hydrogen) atoms. The van der Waals surface area contributed by atoms with Crippen LogP contribution in [-0.4, -0.2) is 0 Å². The monoisotopic (exact) mass is 605 g/mol. The summed E-state index contributed by atoms with van der Waals surface area (Å²) in [5.74, 6) is 0. The van der Waals surface area contributed by atoms with Gasteiger partial charge in [0.15, 0.2) is 0 Å². The first-order valence-corrected chi connectivity index (χ1v) is 18.0. The SMILES string of the molecule is C1=CC[C]([Hf]([c]2cccc3c2Cc2ccccc2-3)[CH](Cc2ccccc2)Cc2ccccc2)=C1. The Morgan fingerprint density at radius 1 is 0.647 bits per heavy atom. The van der Waals surface area contributed by atoms with E-state index in [1.807, 2.05) is 0 Å². The predicted octanol–water partition coefficient (Wildman–Crippen LogP) is 7.62. The topological polar surface area (TPSA) is 0 Å². The maximum atomic E-state index is 2.51. The Kier molecular flexibility index (Phi) is 6.29. The average molecular weight is 604 g/mol. The first-order chi connectivity index (χ1) is 16.9. The fraction of sp³-hybridized carbons (Fsp3) is 0.152. The van der Waals surface area contributed by atoms with E-state index in [9.17, 15) is 0 Å². The molecule has 2 aliphatic rings. The van der Waals surface area contributed by atoms with Crippen molar-refractivity contribution in [2.24, 2.45) is 0 Å². The summed E-state index contributed by atoms with van der Waals surface area (Å²) < 4.78 is 4.22. The van der Waals surface area contributed by atoms with E-state index in [1.54, 1.807) is 12.2 Å². The molecule has 0 radical (unpaired) electrons. The molecule has 0 amide bonds. The molecule has 0 spiro atoms. The van der Waals surface area contributed by atoms with E-state index < -0.39 is 21.4 Å². The first-order valence-electron chi connectivity index (χ1n) is 12.4. The van der Waals surface area contributed by atoms with Gasteiger partial charge in [-0.05, 0) is 0 Å². The van der Waals surface area contributed by atoms with Crippen molar-refractivity contribution >= 4 is 3.32 Å². The second-order valence-electron chi connectivity index (χ2n) is 9.48. The summed E-state index contributed by atoms with van der Waals surface area (Å²) in [7, 11) is 0. The molecule has 0 bridgehead atoms. The Morgan fingerprint density at radius 2 is 1.29 bits per heavy atom. The third kappa shape index (κ3) is 4.34. The number of benzene rings is 4. The number of hydrogen-bond donors (Lipinski definition) is 0. The van der Waals surface area contributed by atoms with Crippen LogP contribution in [0.3, 0.4) is 0 Å². The zero-order valence-electron chi connectivity index (χ0n) is 19.5. The number of hydrogen-bond acceptors (Lipinski definition) is 0. The van der Waals surface area contributed by atoms with Gasteiger partial charge in [-0.1, -0.05) is 0 Å². The number of rotatable bonds is 7. The number of allylic oxidation sites excluding steroid dienone is 4.